The Morgan fingerprint density at radius 2 is 2.19 bits per heavy atom. The number of fused-ring (bicyclic) bond motifs is 1. The van der Waals surface area contributed by atoms with Crippen LogP contribution in [0.5, 0.6) is 0 Å². The van der Waals surface area contributed by atoms with Gasteiger partial charge in [0.05, 0.1) is 10.6 Å². The zero-order valence-electron chi connectivity index (χ0n) is 15.1. The minimum atomic E-state index is -3.52. The highest BCUT2D eigenvalue weighted by Gasteiger charge is 2.22. The lowest BCUT2D eigenvalue weighted by Crippen LogP contribution is -2.40. The lowest BCUT2D eigenvalue weighted by atomic mass is 10.0. The van der Waals surface area contributed by atoms with Crippen LogP contribution in [0.4, 0.5) is 0 Å². The van der Waals surface area contributed by atoms with Crippen molar-refractivity contribution < 1.29 is 17.6 Å². The van der Waals surface area contributed by atoms with Crippen LogP contribution in [0.3, 0.4) is 0 Å². The Balaban J connectivity index is 1.70. The van der Waals surface area contributed by atoms with Crippen molar-refractivity contribution in [2.75, 3.05) is 32.9 Å². The van der Waals surface area contributed by atoms with Crippen LogP contribution in [-0.2, 0) is 14.8 Å². The maximum atomic E-state index is 12.3. The number of thioether (sulfide) groups is 1. The number of aromatic nitrogens is 1. The Bertz CT molecular complexity index is 908. The Labute approximate surface area is 157 Å². The molecule has 9 heteroatoms. The molecule has 1 amide bonds. The minimum Gasteiger partial charge on any atom is -0.431 e. The summed E-state index contributed by atoms with van der Waals surface area (Å²) in [6, 6.07) is 4.58. The van der Waals surface area contributed by atoms with E-state index in [1.165, 1.54) is 44.4 Å². The number of rotatable bonds is 5. The number of benzene rings is 1. The molecule has 2 heterocycles. The highest BCUT2D eigenvalue weighted by Crippen LogP contribution is 2.27. The molecule has 0 aliphatic carbocycles. The molecule has 0 saturated carbocycles. The molecule has 0 N–H and O–H groups in total. The van der Waals surface area contributed by atoms with E-state index in [4.69, 9.17) is 4.42 Å². The van der Waals surface area contributed by atoms with E-state index in [-0.39, 0.29) is 16.6 Å². The Kier molecular flexibility index (Phi) is 5.59. The Hall–Kier alpha value is -1.58. The van der Waals surface area contributed by atoms with Crippen LogP contribution in [0.1, 0.15) is 19.8 Å². The van der Waals surface area contributed by atoms with Crippen molar-refractivity contribution in [1.29, 1.82) is 0 Å². The topological polar surface area (TPSA) is 83.7 Å². The first-order chi connectivity index (χ1) is 12.3. The Morgan fingerprint density at radius 3 is 2.88 bits per heavy atom. The standard InChI is InChI=1S/C17H23N3O4S2/c1-12-5-4-8-20(10-12)16(21)11-25-17-18-14-9-13(6-7-15(14)24-17)26(22,23)19(2)3/h6-7,9,12H,4-5,8,10-11H2,1-3H3/t12-/m0/s1. The molecule has 0 spiro atoms. The number of sulfonamides is 1. The summed E-state index contributed by atoms with van der Waals surface area (Å²) >= 11 is 1.24. The second kappa shape index (κ2) is 7.58. The largest absolute Gasteiger partial charge is 0.431 e. The van der Waals surface area contributed by atoms with Gasteiger partial charge in [-0.25, -0.2) is 17.7 Å². The number of carbonyl (C=O) groups excluding carboxylic acids is 1. The van der Waals surface area contributed by atoms with Gasteiger partial charge in [0, 0.05) is 27.2 Å². The highest BCUT2D eigenvalue weighted by molar-refractivity contribution is 7.99. The van der Waals surface area contributed by atoms with E-state index in [0.717, 1.165) is 23.8 Å². The third-order valence-electron chi connectivity index (χ3n) is 4.45. The molecule has 0 radical (unpaired) electrons. The first kappa shape index (κ1) is 19.2. The van der Waals surface area contributed by atoms with E-state index in [1.807, 2.05) is 4.90 Å². The average molecular weight is 398 g/mol. The first-order valence-corrected chi connectivity index (χ1v) is 10.9. The summed E-state index contributed by atoms with van der Waals surface area (Å²) in [6.45, 7) is 3.77. The van der Waals surface area contributed by atoms with Crippen molar-refractivity contribution in [1.82, 2.24) is 14.2 Å². The summed E-state index contributed by atoms with van der Waals surface area (Å²) in [5.41, 5.74) is 0.971. The van der Waals surface area contributed by atoms with Crippen LogP contribution in [0.15, 0.2) is 32.7 Å². The quantitative estimate of drug-likeness (QED) is 0.721. The number of nitrogens with zero attached hydrogens (tertiary/aromatic N) is 3. The molecule has 1 aromatic carbocycles. The van der Waals surface area contributed by atoms with E-state index in [0.29, 0.717) is 22.2 Å². The second-order valence-electron chi connectivity index (χ2n) is 6.77. The number of carbonyl (C=O) groups is 1. The van der Waals surface area contributed by atoms with Gasteiger partial charge in [0.25, 0.3) is 5.22 Å². The normalized spacial score (nSPS) is 18.6. The smallest absolute Gasteiger partial charge is 0.257 e. The zero-order valence-corrected chi connectivity index (χ0v) is 16.8. The third-order valence-corrected chi connectivity index (χ3v) is 7.07. The molecule has 0 bridgehead atoms. The molecular weight excluding hydrogens is 374 g/mol. The molecule has 3 rings (SSSR count). The van der Waals surface area contributed by atoms with Crippen LogP contribution >= 0.6 is 11.8 Å². The summed E-state index contributed by atoms with van der Waals surface area (Å²) in [7, 11) is -0.555. The predicted octanol–water partition coefficient (Wildman–Crippen LogP) is 2.43. The fourth-order valence-corrected chi connectivity index (χ4v) is 4.61. The number of hydrogen-bond donors (Lipinski definition) is 0. The molecule has 1 aliphatic heterocycles. The second-order valence-corrected chi connectivity index (χ2v) is 9.85. The summed E-state index contributed by atoms with van der Waals surface area (Å²) in [6.07, 6.45) is 2.21. The van der Waals surface area contributed by atoms with Gasteiger partial charge >= 0.3 is 0 Å². The van der Waals surface area contributed by atoms with Gasteiger partial charge in [-0.15, -0.1) is 0 Å². The Morgan fingerprint density at radius 1 is 1.42 bits per heavy atom. The van der Waals surface area contributed by atoms with Crippen LogP contribution in [0.25, 0.3) is 11.1 Å². The van der Waals surface area contributed by atoms with Crippen molar-refractivity contribution in [3.8, 4) is 0 Å². The monoisotopic (exact) mass is 397 g/mol. The van der Waals surface area contributed by atoms with Gasteiger partial charge in [-0.2, -0.15) is 0 Å². The van der Waals surface area contributed by atoms with Crippen molar-refractivity contribution in [2.45, 2.75) is 29.9 Å². The molecular formula is C17H23N3O4S2. The summed E-state index contributed by atoms with van der Waals surface area (Å²) in [5.74, 6) is 0.890. The fraction of sp³-hybridized carbons (Fsp3) is 0.529. The maximum Gasteiger partial charge on any atom is 0.257 e. The van der Waals surface area contributed by atoms with Gasteiger partial charge in [0.2, 0.25) is 15.9 Å². The minimum absolute atomic E-state index is 0.0830. The van der Waals surface area contributed by atoms with Crippen LogP contribution in [0, 0.1) is 5.92 Å². The highest BCUT2D eigenvalue weighted by atomic mass is 32.2. The molecule has 0 unspecified atom stereocenters. The molecule has 1 atom stereocenters. The van der Waals surface area contributed by atoms with Gasteiger partial charge in [0.15, 0.2) is 5.58 Å². The molecule has 142 valence electrons. The molecule has 7 nitrogen and oxygen atoms in total. The van der Waals surface area contributed by atoms with E-state index in [2.05, 4.69) is 11.9 Å². The van der Waals surface area contributed by atoms with E-state index in [1.54, 1.807) is 6.07 Å². The molecule has 1 fully saturated rings. The number of likely N-dealkylation sites (tertiary alicyclic amines) is 1. The van der Waals surface area contributed by atoms with Gasteiger partial charge in [-0.05, 0) is 37.0 Å². The third kappa shape index (κ3) is 4.05. The molecule has 1 saturated heterocycles. The number of oxazole rings is 1. The fourth-order valence-electron chi connectivity index (χ4n) is 2.95. The zero-order chi connectivity index (χ0) is 18.9. The van der Waals surface area contributed by atoms with Crippen molar-refractivity contribution in [3.05, 3.63) is 18.2 Å². The van der Waals surface area contributed by atoms with Gasteiger partial charge in [-0.1, -0.05) is 18.7 Å². The van der Waals surface area contributed by atoms with Crippen LogP contribution in [0.2, 0.25) is 0 Å². The number of hydrogen-bond acceptors (Lipinski definition) is 6. The average Bonchev–Trinajstić information content (AvgIpc) is 3.01. The van der Waals surface area contributed by atoms with E-state index < -0.39 is 10.0 Å². The van der Waals surface area contributed by atoms with Gasteiger partial charge in [0.1, 0.15) is 5.52 Å². The summed E-state index contributed by atoms with van der Waals surface area (Å²) in [4.78, 5) is 18.7. The molecule has 2 aromatic rings. The SMILES string of the molecule is C[C@H]1CCCN(C(=O)CSc2nc3cc(S(=O)(=O)N(C)C)ccc3o2)C1. The van der Waals surface area contributed by atoms with Crippen molar-refractivity contribution >= 4 is 38.8 Å². The summed E-state index contributed by atoms with van der Waals surface area (Å²) < 4.78 is 31.2. The van der Waals surface area contributed by atoms with Gasteiger partial charge < -0.3 is 9.32 Å². The lowest BCUT2D eigenvalue weighted by molar-refractivity contribution is -0.130. The van der Waals surface area contributed by atoms with Crippen LogP contribution < -0.4 is 0 Å². The number of piperidine rings is 1. The molecule has 26 heavy (non-hydrogen) atoms. The molecule has 1 aromatic heterocycles. The van der Waals surface area contributed by atoms with Crippen molar-refractivity contribution in [2.24, 2.45) is 5.92 Å². The molecule has 1 aliphatic rings. The summed E-state index contributed by atoms with van der Waals surface area (Å²) in [5, 5.41) is 0.373. The maximum absolute atomic E-state index is 12.3. The van der Waals surface area contributed by atoms with Crippen LogP contribution in [-0.4, -0.2) is 61.5 Å². The van der Waals surface area contributed by atoms with Crippen molar-refractivity contribution in [3.63, 3.8) is 0 Å². The van der Waals surface area contributed by atoms with E-state index in [9.17, 15) is 13.2 Å². The number of amides is 1. The predicted molar refractivity (Wildman–Crippen MR) is 101 cm³/mol. The lowest BCUT2D eigenvalue weighted by Gasteiger charge is -2.30. The van der Waals surface area contributed by atoms with Gasteiger partial charge in [-0.3, -0.25) is 4.79 Å². The van der Waals surface area contributed by atoms with E-state index >= 15 is 0 Å². The first-order valence-electron chi connectivity index (χ1n) is 8.51.